The van der Waals surface area contributed by atoms with Crippen LogP contribution < -0.4 is 5.73 Å². The van der Waals surface area contributed by atoms with Crippen LogP contribution in [0.2, 0.25) is 5.02 Å². The lowest BCUT2D eigenvalue weighted by Crippen LogP contribution is -2.36. The molecule has 3 unspecified atom stereocenters. The van der Waals surface area contributed by atoms with Gasteiger partial charge < -0.3 is 10.8 Å². The van der Waals surface area contributed by atoms with Crippen LogP contribution in [0.15, 0.2) is 48.5 Å². The summed E-state index contributed by atoms with van der Waals surface area (Å²) in [5.41, 5.74) is 9.55. The molecule has 0 aliphatic heterocycles. The number of hydrogen-bond donors (Lipinski definition) is 2. The highest BCUT2D eigenvalue weighted by Crippen LogP contribution is 2.25. The molecule has 2 nitrogen and oxygen atoms in total. The normalized spacial score (nSPS) is 15.5. The Morgan fingerprint density at radius 3 is 2.52 bits per heavy atom. The molecule has 0 aliphatic rings. The fourth-order valence-corrected chi connectivity index (χ4v) is 2.74. The number of nitrogens with two attached hydrogens (primary N) is 1. The van der Waals surface area contributed by atoms with E-state index in [4.69, 9.17) is 17.3 Å². The molecule has 0 fully saturated rings. The van der Waals surface area contributed by atoms with Crippen molar-refractivity contribution in [3.8, 4) is 0 Å². The molecule has 0 saturated carbocycles. The molecule has 0 heterocycles. The van der Waals surface area contributed by atoms with Crippen LogP contribution in [-0.2, 0) is 6.42 Å². The van der Waals surface area contributed by atoms with Gasteiger partial charge in [-0.25, -0.2) is 0 Å². The van der Waals surface area contributed by atoms with E-state index in [1.165, 1.54) is 11.1 Å². The van der Waals surface area contributed by atoms with Crippen molar-refractivity contribution in [3.63, 3.8) is 0 Å². The third kappa shape index (κ3) is 4.07. The first-order valence-corrected chi connectivity index (χ1v) is 7.60. The van der Waals surface area contributed by atoms with E-state index in [2.05, 4.69) is 26.0 Å². The molecular weight excluding hydrogens is 282 g/mol. The van der Waals surface area contributed by atoms with E-state index in [-0.39, 0.29) is 12.0 Å². The molecule has 0 bridgehead atoms. The first kappa shape index (κ1) is 16.0. The van der Waals surface area contributed by atoms with Gasteiger partial charge in [0.25, 0.3) is 0 Å². The smallest absolute Gasteiger partial charge is 0.0944 e. The van der Waals surface area contributed by atoms with E-state index in [1.807, 2.05) is 24.3 Å². The Kier molecular flexibility index (Phi) is 5.40. The van der Waals surface area contributed by atoms with E-state index in [0.717, 1.165) is 12.0 Å². The maximum absolute atomic E-state index is 10.4. The van der Waals surface area contributed by atoms with Crippen molar-refractivity contribution in [1.29, 1.82) is 0 Å². The molecule has 2 aromatic rings. The van der Waals surface area contributed by atoms with Crippen molar-refractivity contribution in [2.45, 2.75) is 32.4 Å². The Balaban J connectivity index is 2.08. The highest BCUT2D eigenvalue weighted by molar-refractivity contribution is 6.30. The predicted octanol–water partition coefficient (Wildman–Crippen LogP) is 3.89. The van der Waals surface area contributed by atoms with Crippen LogP contribution in [0, 0.1) is 12.8 Å². The summed E-state index contributed by atoms with van der Waals surface area (Å²) in [7, 11) is 0. The fourth-order valence-electron chi connectivity index (χ4n) is 2.55. The molecule has 21 heavy (non-hydrogen) atoms. The van der Waals surface area contributed by atoms with Gasteiger partial charge in [-0.1, -0.05) is 54.9 Å². The van der Waals surface area contributed by atoms with Gasteiger partial charge in [0.05, 0.1) is 6.10 Å². The maximum atomic E-state index is 10.4. The van der Waals surface area contributed by atoms with Crippen molar-refractivity contribution < 1.29 is 5.11 Å². The van der Waals surface area contributed by atoms with Gasteiger partial charge in [0.1, 0.15) is 0 Å². The van der Waals surface area contributed by atoms with Crippen LogP contribution in [0.4, 0.5) is 0 Å². The minimum atomic E-state index is -0.706. The number of aliphatic hydroxyl groups excluding tert-OH is 1. The van der Waals surface area contributed by atoms with Crippen LogP contribution >= 0.6 is 11.6 Å². The summed E-state index contributed by atoms with van der Waals surface area (Å²) in [5.74, 6) is 0.167. The number of aryl methyl sites for hydroxylation is 1. The number of rotatable bonds is 5. The van der Waals surface area contributed by atoms with Gasteiger partial charge >= 0.3 is 0 Å². The van der Waals surface area contributed by atoms with Gasteiger partial charge in [0.15, 0.2) is 0 Å². The average molecular weight is 304 g/mol. The molecule has 0 saturated heterocycles. The van der Waals surface area contributed by atoms with Crippen LogP contribution in [0.3, 0.4) is 0 Å². The van der Waals surface area contributed by atoms with Gasteiger partial charge in [0.2, 0.25) is 0 Å². The van der Waals surface area contributed by atoms with E-state index < -0.39 is 6.10 Å². The quantitative estimate of drug-likeness (QED) is 0.880. The number of hydrogen-bond acceptors (Lipinski definition) is 2. The molecule has 112 valence electrons. The highest BCUT2D eigenvalue weighted by Gasteiger charge is 2.23. The molecular formula is C18H22ClNO. The topological polar surface area (TPSA) is 46.2 Å². The van der Waals surface area contributed by atoms with Gasteiger partial charge in [-0.05, 0) is 48.1 Å². The van der Waals surface area contributed by atoms with Crippen molar-refractivity contribution in [3.05, 3.63) is 70.2 Å². The van der Waals surface area contributed by atoms with Crippen molar-refractivity contribution in [2.75, 3.05) is 0 Å². The zero-order valence-corrected chi connectivity index (χ0v) is 13.2. The van der Waals surface area contributed by atoms with Crippen LogP contribution in [0.1, 0.15) is 29.7 Å². The zero-order chi connectivity index (χ0) is 15.4. The Morgan fingerprint density at radius 1 is 1.14 bits per heavy atom. The molecule has 0 amide bonds. The van der Waals surface area contributed by atoms with Crippen LogP contribution in [0.25, 0.3) is 0 Å². The molecule has 2 aromatic carbocycles. The first-order chi connectivity index (χ1) is 9.99. The zero-order valence-electron chi connectivity index (χ0n) is 12.5. The predicted molar refractivity (Wildman–Crippen MR) is 88.4 cm³/mol. The van der Waals surface area contributed by atoms with Gasteiger partial charge in [0, 0.05) is 11.1 Å². The standard InChI is InChI=1S/C18H22ClNO/c1-12-6-3-4-7-14(12)10-13(2)17(20)18(21)15-8-5-9-16(19)11-15/h3-9,11,13,17-18,21H,10,20H2,1-2H3. The van der Waals surface area contributed by atoms with Crippen LogP contribution in [-0.4, -0.2) is 11.1 Å². The molecule has 2 rings (SSSR count). The second kappa shape index (κ2) is 7.08. The summed E-state index contributed by atoms with van der Waals surface area (Å²) < 4.78 is 0. The minimum absolute atomic E-state index is 0.167. The first-order valence-electron chi connectivity index (χ1n) is 7.22. The van der Waals surface area contributed by atoms with E-state index in [0.29, 0.717) is 5.02 Å². The SMILES string of the molecule is Cc1ccccc1CC(C)C(N)C(O)c1cccc(Cl)c1. The molecule has 0 radical (unpaired) electrons. The lowest BCUT2D eigenvalue weighted by molar-refractivity contribution is 0.121. The lowest BCUT2D eigenvalue weighted by atomic mass is 9.87. The third-order valence-electron chi connectivity index (χ3n) is 4.01. The van der Waals surface area contributed by atoms with Crippen molar-refractivity contribution in [1.82, 2.24) is 0 Å². The van der Waals surface area contributed by atoms with E-state index in [9.17, 15) is 5.11 Å². The van der Waals surface area contributed by atoms with Crippen molar-refractivity contribution in [2.24, 2.45) is 11.7 Å². The maximum Gasteiger partial charge on any atom is 0.0944 e. The highest BCUT2D eigenvalue weighted by atomic mass is 35.5. The molecule has 0 aromatic heterocycles. The van der Waals surface area contributed by atoms with E-state index in [1.54, 1.807) is 12.1 Å². The average Bonchev–Trinajstić information content (AvgIpc) is 2.48. The molecule has 3 N–H and O–H groups in total. The largest absolute Gasteiger partial charge is 0.387 e. The van der Waals surface area contributed by atoms with Crippen LogP contribution in [0.5, 0.6) is 0 Å². The number of aliphatic hydroxyl groups is 1. The minimum Gasteiger partial charge on any atom is -0.387 e. The number of benzene rings is 2. The summed E-state index contributed by atoms with van der Waals surface area (Å²) in [4.78, 5) is 0. The molecule has 0 aliphatic carbocycles. The summed E-state index contributed by atoms with van der Waals surface area (Å²) in [5, 5.41) is 11.1. The molecule has 0 spiro atoms. The Bertz CT molecular complexity index is 599. The van der Waals surface area contributed by atoms with Gasteiger partial charge in [-0.15, -0.1) is 0 Å². The lowest BCUT2D eigenvalue weighted by Gasteiger charge is -2.26. The fraction of sp³-hybridized carbons (Fsp3) is 0.333. The third-order valence-corrected chi connectivity index (χ3v) is 4.25. The van der Waals surface area contributed by atoms with Gasteiger partial charge in [-0.2, -0.15) is 0 Å². The molecule has 3 atom stereocenters. The summed E-state index contributed by atoms with van der Waals surface area (Å²) in [6.07, 6.45) is 0.147. The number of halogens is 1. The second-order valence-corrected chi connectivity index (χ2v) is 6.12. The second-order valence-electron chi connectivity index (χ2n) is 5.69. The van der Waals surface area contributed by atoms with E-state index >= 15 is 0 Å². The molecule has 3 heteroatoms. The summed E-state index contributed by atoms with van der Waals surface area (Å²) in [6, 6.07) is 15.2. The summed E-state index contributed by atoms with van der Waals surface area (Å²) >= 11 is 5.97. The van der Waals surface area contributed by atoms with Gasteiger partial charge in [-0.3, -0.25) is 0 Å². The van der Waals surface area contributed by atoms with Crippen molar-refractivity contribution >= 4 is 11.6 Å². The Morgan fingerprint density at radius 2 is 1.86 bits per heavy atom. The Hall–Kier alpha value is -1.35. The Labute approximate surface area is 131 Å². The monoisotopic (exact) mass is 303 g/mol. The summed E-state index contributed by atoms with van der Waals surface area (Å²) in [6.45, 7) is 4.17.